The van der Waals surface area contributed by atoms with Gasteiger partial charge in [-0.3, -0.25) is 9.78 Å². The van der Waals surface area contributed by atoms with E-state index in [4.69, 9.17) is 4.74 Å². The third-order valence-electron chi connectivity index (χ3n) is 2.69. The average molecular weight is 241 g/mol. The minimum atomic E-state index is 0.603. The number of rotatable bonds is 4. The molecule has 0 atom stereocenters. The van der Waals surface area contributed by atoms with Crippen molar-refractivity contribution in [3.63, 3.8) is 0 Å². The van der Waals surface area contributed by atoms with Crippen molar-refractivity contribution in [1.82, 2.24) is 4.98 Å². The topological polar surface area (TPSA) is 39.2 Å². The number of aryl methyl sites for hydroxylation is 1. The van der Waals surface area contributed by atoms with Crippen molar-refractivity contribution in [3.8, 4) is 16.9 Å². The van der Waals surface area contributed by atoms with Crippen molar-refractivity contribution in [1.29, 1.82) is 0 Å². The van der Waals surface area contributed by atoms with Crippen LogP contribution in [0.4, 0.5) is 0 Å². The Bertz CT molecular complexity index is 547. The van der Waals surface area contributed by atoms with Crippen LogP contribution in [0.1, 0.15) is 23.0 Å². The van der Waals surface area contributed by atoms with Crippen LogP contribution in [0.25, 0.3) is 11.1 Å². The zero-order valence-electron chi connectivity index (χ0n) is 10.5. The van der Waals surface area contributed by atoms with E-state index < -0.39 is 0 Å². The van der Waals surface area contributed by atoms with E-state index in [9.17, 15) is 4.79 Å². The van der Waals surface area contributed by atoms with E-state index in [1.165, 1.54) is 0 Å². The van der Waals surface area contributed by atoms with Gasteiger partial charge >= 0.3 is 0 Å². The van der Waals surface area contributed by atoms with Crippen molar-refractivity contribution in [2.75, 3.05) is 6.61 Å². The van der Waals surface area contributed by atoms with Gasteiger partial charge in [-0.15, -0.1) is 0 Å². The van der Waals surface area contributed by atoms with Gasteiger partial charge in [0.25, 0.3) is 0 Å². The third-order valence-corrected chi connectivity index (χ3v) is 2.69. The van der Waals surface area contributed by atoms with Gasteiger partial charge in [-0.25, -0.2) is 0 Å². The second kappa shape index (κ2) is 5.45. The SMILES string of the molecule is CCOc1ccc(C=O)c(-c2ccc(C)nc2)c1. The number of hydrogen-bond donors (Lipinski definition) is 0. The molecular formula is C15H15NO2. The predicted molar refractivity (Wildman–Crippen MR) is 71.0 cm³/mol. The van der Waals surface area contributed by atoms with Gasteiger partial charge in [-0.05, 0) is 43.7 Å². The molecule has 3 heteroatoms. The first-order valence-electron chi connectivity index (χ1n) is 5.89. The Morgan fingerprint density at radius 1 is 1.28 bits per heavy atom. The fraction of sp³-hybridized carbons (Fsp3) is 0.200. The molecule has 1 aromatic carbocycles. The lowest BCUT2D eigenvalue weighted by molar-refractivity contribution is 0.112. The second-order valence-electron chi connectivity index (χ2n) is 3.99. The molecule has 3 nitrogen and oxygen atoms in total. The van der Waals surface area contributed by atoms with Crippen molar-refractivity contribution in [2.45, 2.75) is 13.8 Å². The van der Waals surface area contributed by atoms with Gasteiger partial charge in [0.2, 0.25) is 0 Å². The highest BCUT2D eigenvalue weighted by atomic mass is 16.5. The maximum Gasteiger partial charge on any atom is 0.150 e. The van der Waals surface area contributed by atoms with E-state index >= 15 is 0 Å². The van der Waals surface area contributed by atoms with Crippen LogP contribution in [-0.4, -0.2) is 17.9 Å². The first-order chi connectivity index (χ1) is 8.74. The van der Waals surface area contributed by atoms with Gasteiger partial charge in [0.15, 0.2) is 6.29 Å². The second-order valence-corrected chi connectivity index (χ2v) is 3.99. The fourth-order valence-electron chi connectivity index (χ4n) is 1.77. The number of hydrogen-bond acceptors (Lipinski definition) is 3. The lowest BCUT2D eigenvalue weighted by Gasteiger charge is -2.09. The molecule has 0 aliphatic carbocycles. The van der Waals surface area contributed by atoms with E-state index in [2.05, 4.69) is 4.98 Å². The smallest absolute Gasteiger partial charge is 0.150 e. The van der Waals surface area contributed by atoms with E-state index in [-0.39, 0.29) is 0 Å². The Morgan fingerprint density at radius 2 is 2.11 bits per heavy atom. The summed E-state index contributed by atoms with van der Waals surface area (Å²) in [4.78, 5) is 15.3. The number of nitrogens with zero attached hydrogens (tertiary/aromatic N) is 1. The number of carbonyl (C=O) groups is 1. The van der Waals surface area contributed by atoms with E-state index in [1.54, 1.807) is 18.3 Å². The van der Waals surface area contributed by atoms with Crippen LogP contribution in [0.15, 0.2) is 36.5 Å². The minimum Gasteiger partial charge on any atom is -0.494 e. The molecule has 0 aliphatic heterocycles. The van der Waals surface area contributed by atoms with Crippen LogP contribution in [-0.2, 0) is 0 Å². The lowest BCUT2D eigenvalue weighted by Crippen LogP contribution is -1.94. The molecule has 0 unspecified atom stereocenters. The van der Waals surface area contributed by atoms with Gasteiger partial charge in [0.05, 0.1) is 6.61 Å². The summed E-state index contributed by atoms with van der Waals surface area (Å²) in [6, 6.07) is 9.34. The molecule has 0 radical (unpaired) electrons. The number of aldehydes is 1. The Hall–Kier alpha value is -2.16. The van der Waals surface area contributed by atoms with Gasteiger partial charge in [-0.1, -0.05) is 6.07 Å². The van der Waals surface area contributed by atoms with E-state index in [0.717, 1.165) is 28.9 Å². The summed E-state index contributed by atoms with van der Waals surface area (Å²) in [5, 5.41) is 0. The highest BCUT2D eigenvalue weighted by Crippen LogP contribution is 2.26. The molecule has 0 aliphatic rings. The Kier molecular flexibility index (Phi) is 3.72. The van der Waals surface area contributed by atoms with Crippen LogP contribution in [0, 0.1) is 6.92 Å². The highest BCUT2D eigenvalue weighted by Gasteiger charge is 2.07. The third kappa shape index (κ3) is 2.56. The molecule has 0 fully saturated rings. The molecule has 0 saturated heterocycles. The van der Waals surface area contributed by atoms with Crippen molar-refractivity contribution in [2.24, 2.45) is 0 Å². The summed E-state index contributed by atoms with van der Waals surface area (Å²) in [6.45, 7) is 4.47. The summed E-state index contributed by atoms with van der Waals surface area (Å²) in [5.41, 5.74) is 3.36. The van der Waals surface area contributed by atoms with Crippen LogP contribution >= 0.6 is 0 Å². The fourth-order valence-corrected chi connectivity index (χ4v) is 1.77. The molecule has 0 saturated carbocycles. The Labute approximate surface area is 106 Å². The first kappa shape index (κ1) is 12.3. The zero-order valence-corrected chi connectivity index (χ0v) is 10.5. The largest absolute Gasteiger partial charge is 0.494 e. The van der Waals surface area contributed by atoms with Gasteiger partial charge < -0.3 is 4.74 Å². The number of benzene rings is 1. The highest BCUT2D eigenvalue weighted by molar-refractivity contribution is 5.88. The monoisotopic (exact) mass is 241 g/mol. The van der Waals surface area contributed by atoms with Crippen molar-refractivity contribution >= 4 is 6.29 Å². The molecule has 2 rings (SSSR count). The zero-order chi connectivity index (χ0) is 13.0. The van der Waals surface area contributed by atoms with Crippen molar-refractivity contribution in [3.05, 3.63) is 47.8 Å². The molecule has 1 aromatic heterocycles. The van der Waals surface area contributed by atoms with Gasteiger partial charge in [0, 0.05) is 23.0 Å². The molecule has 18 heavy (non-hydrogen) atoms. The lowest BCUT2D eigenvalue weighted by atomic mass is 10.0. The normalized spacial score (nSPS) is 10.1. The quantitative estimate of drug-likeness (QED) is 0.771. The predicted octanol–water partition coefficient (Wildman–Crippen LogP) is 3.27. The minimum absolute atomic E-state index is 0.603. The van der Waals surface area contributed by atoms with Crippen LogP contribution in [0.2, 0.25) is 0 Å². The average Bonchev–Trinajstić information content (AvgIpc) is 2.40. The molecule has 2 aromatic rings. The molecule has 92 valence electrons. The molecule has 0 bridgehead atoms. The molecule has 0 amide bonds. The summed E-state index contributed by atoms with van der Waals surface area (Å²) >= 11 is 0. The summed E-state index contributed by atoms with van der Waals surface area (Å²) in [5.74, 6) is 0.763. The van der Waals surface area contributed by atoms with Crippen LogP contribution in [0.5, 0.6) is 5.75 Å². The van der Waals surface area contributed by atoms with E-state index in [0.29, 0.717) is 12.2 Å². The van der Waals surface area contributed by atoms with Crippen LogP contribution < -0.4 is 4.74 Å². The molecule has 0 N–H and O–H groups in total. The summed E-state index contributed by atoms with van der Waals surface area (Å²) < 4.78 is 5.45. The van der Waals surface area contributed by atoms with E-state index in [1.807, 2.05) is 32.0 Å². The summed E-state index contributed by atoms with van der Waals surface area (Å²) in [6.07, 6.45) is 2.62. The number of pyridine rings is 1. The first-order valence-corrected chi connectivity index (χ1v) is 5.89. The standard InChI is InChI=1S/C15H15NO2/c1-3-18-14-7-6-13(10-17)15(8-14)12-5-4-11(2)16-9-12/h4-10H,3H2,1-2H3. The summed E-state index contributed by atoms with van der Waals surface area (Å²) in [7, 11) is 0. The number of ether oxygens (including phenoxy) is 1. The Morgan fingerprint density at radius 3 is 2.72 bits per heavy atom. The molecular weight excluding hydrogens is 226 g/mol. The van der Waals surface area contributed by atoms with Gasteiger partial charge in [-0.2, -0.15) is 0 Å². The molecule has 0 spiro atoms. The van der Waals surface area contributed by atoms with Crippen LogP contribution in [0.3, 0.4) is 0 Å². The number of carbonyl (C=O) groups excluding carboxylic acids is 1. The van der Waals surface area contributed by atoms with Gasteiger partial charge in [0.1, 0.15) is 5.75 Å². The number of aromatic nitrogens is 1. The maximum absolute atomic E-state index is 11.1. The Balaban J connectivity index is 2.49. The van der Waals surface area contributed by atoms with Crippen molar-refractivity contribution < 1.29 is 9.53 Å². The maximum atomic E-state index is 11.1. The molecule has 1 heterocycles.